The monoisotopic (exact) mass is 1460 g/mol. The summed E-state index contributed by atoms with van der Waals surface area (Å²) in [6, 6.07) is 13.8. The van der Waals surface area contributed by atoms with Crippen LogP contribution in [0.5, 0.6) is 17.4 Å². The molecule has 502 valence electrons. The van der Waals surface area contributed by atoms with E-state index in [1.807, 2.05) is 0 Å². The number of benzene rings is 5. The van der Waals surface area contributed by atoms with E-state index in [2.05, 4.69) is 56.5 Å². The number of aromatic hydroxyl groups is 1. The number of methoxy groups -OCH3 is 1. The zero-order chi connectivity index (χ0) is 69.4. The first-order chi connectivity index (χ1) is 43.8. The predicted octanol–water partition coefficient (Wildman–Crippen LogP) is 11.0. The van der Waals surface area contributed by atoms with Gasteiger partial charge in [0.25, 0.3) is 56.5 Å². The third-order valence-electron chi connectivity index (χ3n) is 12.6. The number of nitrogens with one attached hydrogen (secondary N) is 2. The number of fused-ring (bicyclic) bond motifs is 3. The lowest BCUT2D eigenvalue weighted by atomic mass is 10.1. The quantitative estimate of drug-likeness (QED) is 0.00910. The number of pyridine rings is 1. The van der Waals surface area contributed by atoms with Crippen LogP contribution in [-0.2, 0) is 60.2 Å². The Kier molecular flexibility index (Phi) is 23.4. The van der Waals surface area contributed by atoms with Gasteiger partial charge in [0.2, 0.25) is 17.7 Å². The molecule has 0 unspecified atom stereocenters. The van der Waals surface area contributed by atoms with E-state index in [0.717, 1.165) is 53.2 Å². The Bertz CT molecular complexity index is 4940. The van der Waals surface area contributed by atoms with E-state index < -0.39 is 112 Å². The van der Waals surface area contributed by atoms with Gasteiger partial charge in [-0.3, -0.25) is 41.5 Å². The number of anilines is 2. The van der Waals surface area contributed by atoms with Crippen LogP contribution in [0.4, 0.5) is 56.9 Å². The number of carbonyl (C=O) groups excluding carboxylic acids is 3. The van der Waals surface area contributed by atoms with E-state index in [9.17, 15) is 84.3 Å². The van der Waals surface area contributed by atoms with E-state index in [0.29, 0.717) is 0 Å². The van der Waals surface area contributed by atoms with Gasteiger partial charge in [0.05, 0.1) is 69.8 Å². The van der Waals surface area contributed by atoms with Crippen molar-refractivity contribution in [1.29, 1.82) is 0 Å². The lowest BCUT2D eigenvalue weighted by molar-refractivity contribution is -0.115. The molecule has 10 N–H and O–H groups in total. The summed E-state index contributed by atoms with van der Waals surface area (Å²) in [7, 11) is -22.0. The van der Waals surface area contributed by atoms with Crippen LogP contribution >= 0.6 is 35.1 Å². The molecule has 34 nitrogen and oxygen atoms in total. The molecule has 7 aromatic rings. The van der Waals surface area contributed by atoms with Crippen molar-refractivity contribution in [1.82, 2.24) is 9.38 Å². The molecule has 0 saturated carbocycles. The number of azo groups is 4. The predicted molar refractivity (Wildman–Crippen MR) is 345 cm³/mol. The number of aryl methyl sites for hydroxylation is 1. The number of aromatic nitrogens is 2. The first-order valence-corrected chi connectivity index (χ1v) is 36.6. The summed E-state index contributed by atoms with van der Waals surface area (Å²) in [5.74, 6) is -5.58. The van der Waals surface area contributed by atoms with Crippen LogP contribution < -0.4 is 25.8 Å². The minimum Gasteiger partial charge on any atom is -0.495 e. The van der Waals surface area contributed by atoms with Gasteiger partial charge >= 0.3 is 0 Å². The number of halogens is 1. The first-order valence-electron chi connectivity index (χ1n) is 26.6. The molecule has 42 heteroatoms. The highest BCUT2D eigenvalue weighted by atomic mass is 35.5. The Morgan fingerprint density at radius 1 is 0.617 bits per heavy atom. The second-order valence-corrected chi connectivity index (χ2v) is 29.9. The molecule has 2 aromatic heterocycles. The molecule has 0 aliphatic heterocycles. The van der Waals surface area contributed by atoms with Crippen molar-refractivity contribution in [2.75, 3.05) is 53.1 Å². The smallest absolute Gasteiger partial charge is 0.300 e. The molecule has 0 aliphatic carbocycles. The Morgan fingerprint density at radius 2 is 1.13 bits per heavy atom. The van der Waals surface area contributed by atoms with Crippen LogP contribution in [0.1, 0.15) is 54.6 Å². The normalized spacial score (nSPS) is 12.7. The summed E-state index contributed by atoms with van der Waals surface area (Å²) in [6.07, 6.45) is -0.464. The third-order valence-corrected chi connectivity index (χ3v) is 19.5. The molecule has 0 spiro atoms. The molecule has 7 rings (SSSR count). The standard InChI is InChI=1S/C52H54ClN13O21S7/c1-26-19-37(62-65-47-27(2)46(50(54)69)51-57-48-40(66(51)52(47)70)11-12-41(86-5)49(48)94(83,84)85)42(87-13-6-16-90(71,72)73)23-32(26)59-63-38-22-34(56-29(4)68)36(25-44(38)89-15-8-18-92(77,78)79)61-64-39-21-33(55-28(3)67)35(24-43(39)88-14-7-17-91(74,75)76)60-58-30-9-10-31(53)45(20-30)93(80,81)82/h9-12,19-25,70H,6-8,13-18H2,1-5H3,(H2,54,69)(H,55,67)(H,56,68)(H,71,72,73)(H,74,75,76)(H,77,78,79)(H,80,81,82)(H,83,84,85). The lowest BCUT2D eigenvalue weighted by Crippen LogP contribution is -2.15. The van der Waals surface area contributed by atoms with Crippen LogP contribution in [-0.4, -0.2) is 140 Å². The zero-order valence-electron chi connectivity index (χ0n) is 49.3. The molecule has 0 aliphatic rings. The van der Waals surface area contributed by atoms with E-state index in [-0.39, 0.29) is 143 Å². The number of nitrogens with two attached hydrogens (primary N) is 1. The maximum atomic E-state index is 13.1. The summed E-state index contributed by atoms with van der Waals surface area (Å²) in [6.45, 7) is 4.82. The average molecular weight is 1460 g/mol. The third kappa shape index (κ3) is 19.5. The molecule has 0 saturated heterocycles. The van der Waals surface area contributed by atoms with E-state index in [1.54, 1.807) is 6.92 Å². The Labute approximate surface area is 548 Å². The topological polar surface area (TPSA) is 528 Å². The molecule has 0 bridgehead atoms. The molecular weight excluding hydrogens is 1400 g/mol. The van der Waals surface area contributed by atoms with Gasteiger partial charge in [0, 0.05) is 29.7 Å². The van der Waals surface area contributed by atoms with E-state index in [4.69, 9.17) is 26.8 Å². The fourth-order valence-corrected chi connectivity index (χ4v) is 14.1. The van der Waals surface area contributed by atoms with Gasteiger partial charge in [0.15, 0.2) is 10.5 Å². The number of ether oxygens (including phenoxy) is 2. The van der Waals surface area contributed by atoms with E-state index in [1.165, 1.54) is 69.3 Å². The number of imidazole rings is 1. The second-order valence-electron chi connectivity index (χ2n) is 19.7. The molecule has 0 radical (unpaired) electrons. The van der Waals surface area contributed by atoms with Crippen molar-refractivity contribution in [3.63, 3.8) is 0 Å². The van der Waals surface area contributed by atoms with E-state index >= 15 is 0 Å². The van der Waals surface area contributed by atoms with Crippen molar-refractivity contribution in [3.8, 4) is 17.4 Å². The summed E-state index contributed by atoms with van der Waals surface area (Å²) >= 11 is 7.97. The van der Waals surface area contributed by atoms with Crippen molar-refractivity contribution in [2.45, 2.75) is 66.5 Å². The number of rotatable bonds is 29. The van der Waals surface area contributed by atoms with Gasteiger partial charge in [-0.1, -0.05) is 11.6 Å². The highest BCUT2D eigenvalue weighted by Crippen LogP contribution is 2.46. The maximum Gasteiger partial charge on any atom is 0.300 e. The average Bonchev–Trinajstić information content (AvgIpc) is 1.56. The summed E-state index contributed by atoms with van der Waals surface area (Å²) in [5, 5.41) is 51.2. The van der Waals surface area contributed by atoms with Crippen LogP contribution in [0.25, 0.3) is 16.7 Å². The van der Waals surface area contributed by atoms with Gasteiger partial charge in [0.1, 0.15) is 56.0 Å². The zero-order valence-corrected chi connectivity index (χ0v) is 55.8. The lowest BCUT2D eigenvalue weighted by Gasteiger charge is -2.13. The number of carbonyl (C=O) groups is 3. The van der Waals surface area contributed by atoms with Gasteiger partial charge < -0.3 is 30.9 Å². The van der Waals surface area contributed by atoms with Crippen LogP contribution in [0, 0.1) is 13.8 Å². The van der Waals surface area contributed by atoms with Crippen molar-refractivity contribution in [3.05, 3.63) is 88.4 Å². The van der Waals surface area contributed by atoms with Crippen molar-refractivity contribution < 1.29 is 93.8 Å². The first kappa shape index (κ1) is 73.2. The molecular formula is C52H54ClN13O21S7. The van der Waals surface area contributed by atoms with Crippen LogP contribution in [0.15, 0.2) is 127 Å². The molecule has 3 amide bonds. The summed E-state index contributed by atoms with van der Waals surface area (Å²) in [4.78, 5) is 41.7. The number of hydrogen-bond donors (Lipinski definition) is 9. The Morgan fingerprint density at radius 3 is 1.63 bits per heavy atom. The number of primary amides is 1. The second kappa shape index (κ2) is 30.0. The summed E-state index contributed by atoms with van der Waals surface area (Å²) < 4.78 is 179. The molecule has 2 heterocycles. The van der Waals surface area contributed by atoms with Crippen molar-refractivity contribution in [2.24, 2.45) is 46.6 Å². The molecule has 0 atom stereocenters. The number of amides is 3. The van der Waals surface area contributed by atoms with Gasteiger partial charge in [-0.05, 0) is 116 Å². The van der Waals surface area contributed by atoms with Crippen LogP contribution in [0.2, 0.25) is 5.02 Å². The minimum absolute atomic E-state index is 0.00116. The Hall–Kier alpha value is -8.20. The van der Waals surface area contributed by atoms with Crippen molar-refractivity contribution >= 4 is 177 Å². The minimum atomic E-state index is -5.05. The molecule has 94 heavy (non-hydrogen) atoms. The van der Waals surface area contributed by atoms with Gasteiger partial charge in [-0.15, -0.1) is 54.2 Å². The fourth-order valence-electron chi connectivity index (χ4n) is 8.53. The maximum absolute atomic E-state index is 13.1. The highest BCUT2D eigenvalue weighted by Gasteiger charge is 2.30. The highest BCUT2D eigenvalue weighted by molar-refractivity contribution is 7.99. The van der Waals surface area contributed by atoms with Gasteiger partial charge in [-0.25, -0.2) is 4.98 Å². The number of hydrogen-bond acceptors (Lipinski definition) is 27. The number of nitrogens with zero attached hydrogens (tertiary/aromatic N) is 10. The SMILES string of the molecule is COc1ccc2c(nc3c(C(N)=O)c(C)c(N=Nc4cc(C)c(N=Nc5cc(NC(C)=O)c(N=Nc6cc(NC(C)=O)c(N=Nc7ccc(Cl)c(S(=O)(=O)O)c7)cc6SCCCS(=O)(=O)O)cc5SCCCS(=O)(=O)O)cc4OCCCS(=O)(=O)O)c(O)n32)c1S(=O)(=O)O. The van der Waals surface area contributed by atoms with Gasteiger partial charge in [-0.2, -0.15) is 52.3 Å². The largest absolute Gasteiger partial charge is 0.495 e. The Balaban J connectivity index is 1.35. The summed E-state index contributed by atoms with van der Waals surface area (Å²) in [5.41, 5.74) is 3.88. The van der Waals surface area contributed by atoms with Crippen LogP contribution in [0.3, 0.4) is 0 Å². The molecule has 5 aromatic carbocycles. The molecule has 0 fully saturated rings. The number of thioether (sulfide) groups is 2. The fraction of sp³-hybridized carbons (Fsp3) is 0.269.